The first kappa shape index (κ1) is 21.3. The van der Waals surface area contributed by atoms with Crippen molar-refractivity contribution in [2.75, 3.05) is 26.2 Å². The van der Waals surface area contributed by atoms with Crippen LogP contribution in [0.5, 0.6) is 0 Å². The minimum Gasteiger partial charge on any atom is -0.335 e. The van der Waals surface area contributed by atoms with Crippen molar-refractivity contribution in [3.8, 4) is 0 Å². The largest absolute Gasteiger partial charge is 0.335 e. The molecule has 3 aromatic rings. The van der Waals surface area contributed by atoms with Gasteiger partial charge in [0.2, 0.25) is 10.0 Å². The van der Waals surface area contributed by atoms with Crippen LogP contribution in [0.1, 0.15) is 10.5 Å². The van der Waals surface area contributed by atoms with Crippen LogP contribution in [-0.2, 0) is 10.0 Å². The standard InChI is InChI=1S/C20H16Cl3N3O3S/c21-14-5-6-16(22)18(12-14)30(28,29)26-9-7-25(8-10-26)20(27)17-11-13-3-1-2-4-15(13)19(23)24-17/h1-6,11-12H,7-10H2. The lowest BCUT2D eigenvalue weighted by atomic mass is 10.1. The van der Waals surface area contributed by atoms with Gasteiger partial charge in [0.25, 0.3) is 5.91 Å². The van der Waals surface area contributed by atoms with E-state index in [1.54, 1.807) is 11.0 Å². The van der Waals surface area contributed by atoms with Crippen LogP contribution in [0.25, 0.3) is 10.8 Å². The molecular formula is C20H16Cl3N3O3S. The second-order valence-electron chi connectivity index (χ2n) is 6.79. The molecule has 0 bridgehead atoms. The van der Waals surface area contributed by atoms with Gasteiger partial charge in [0.05, 0.1) is 5.02 Å². The van der Waals surface area contributed by atoms with Gasteiger partial charge in [-0.15, -0.1) is 0 Å². The molecule has 1 saturated heterocycles. The highest BCUT2D eigenvalue weighted by Gasteiger charge is 2.32. The monoisotopic (exact) mass is 483 g/mol. The van der Waals surface area contributed by atoms with Crippen molar-refractivity contribution in [3.05, 3.63) is 69.4 Å². The van der Waals surface area contributed by atoms with Crippen LogP contribution < -0.4 is 0 Å². The second kappa shape index (κ2) is 8.32. The fourth-order valence-electron chi connectivity index (χ4n) is 3.37. The van der Waals surface area contributed by atoms with Crippen molar-refractivity contribution in [2.45, 2.75) is 4.90 Å². The van der Waals surface area contributed by atoms with Gasteiger partial charge in [0.1, 0.15) is 15.7 Å². The molecular weight excluding hydrogens is 469 g/mol. The number of amides is 1. The fraction of sp³-hybridized carbons (Fsp3) is 0.200. The Hall–Kier alpha value is -1.90. The third-order valence-electron chi connectivity index (χ3n) is 4.95. The van der Waals surface area contributed by atoms with Gasteiger partial charge in [-0.05, 0) is 29.7 Å². The van der Waals surface area contributed by atoms with E-state index in [1.807, 2.05) is 24.3 Å². The molecule has 4 rings (SSSR count). The summed E-state index contributed by atoms with van der Waals surface area (Å²) in [5.74, 6) is -0.291. The molecule has 1 aliphatic rings. The molecule has 1 fully saturated rings. The van der Waals surface area contributed by atoms with Gasteiger partial charge in [0, 0.05) is 36.6 Å². The second-order valence-corrected chi connectivity index (χ2v) is 9.90. The number of halogens is 3. The molecule has 1 aliphatic heterocycles. The van der Waals surface area contributed by atoms with Crippen molar-refractivity contribution in [1.82, 2.24) is 14.2 Å². The molecule has 0 unspecified atom stereocenters. The first-order chi connectivity index (χ1) is 14.3. The maximum absolute atomic E-state index is 12.9. The van der Waals surface area contributed by atoms with E-state index in [0.29, 0.717) is 0 Å². The minimum absolute atomic E-state index is 0.0422. The maximum Gasteiger partial charge on any atom is 0.272 e. The number of carbonyl (C=O) groups is 1. The number of benzene rings is 2. The van der Waals surface area contributed by atoms with E-state index in [1.165, 1.54) is 22.5 Å². The molecule has 1 aromatic heterocycles. The molecule has 6 nitrogen and oxygen atoms in total. The SMILES string of the molecule is O=C(c1cc2ccccc2c(Cl)n1)N1CCN(S(=O)(=O)c2cc(Cl)ccc2Cl)CC1. The van der Waals surface area contributed by atoms with Gasteiger partial charge in [-0.1, -0.05) is 59.1 Å². The number of hydrogen-bond acceptors (Lipinski definition) is 4. The molecule has 1 amide bonds. The van der Waals surface area contributed by atoms with Crippen LogP contribution in [0.2, 0.25) is 15.2 Å². The van der Waals surface area contributed by atoms with Crippen LogP contribution in [0.15, 0.2) is 53.4 Å². The predicted molar refractivity (Wildman–Crippen MR) is 118 cm³/mol. The summed E-state index contributed by atoms with van der Waals surface area (Å²) in [4.78, 5) is 18.7. The summed E-state index contributed by atoms with van der Waals surface area (Å²) in [6, 6.07) is 13.4. The number of carbonyl (C=O) groups excluding carboxylic acids is 1. The number of fused-ring (bicyclic) bond motifs is 1. The van der Waals surface area contributed by atoms with Crippen LogP contribution >= 0.6 is 34.8 Å². The third kappa shape index (κ3) is 4.00. The Bertz CT molecular complexity index is 1240. The van der Waals surface area contributed by atoms with Crippen LogP contribution in [0, 0.1) is 0 Å². The first-order valence-electron chi connectivity index (χ1n) is 9.07. The van der Waals surface area contributed by atoms with Crippen molar-refractivity contribution in [1.29, 1.82) is 0 Å². The molecule has 2 heterocycles. The number of rotatable bonds is 3. The van der Waals surface area contributed by atoms with Crippen molar-refractivity contribution < 1.29 is 13.2 Å². The molecule has 2 aromatic carbocycles. The summed E-state index contributed by atoms with van der Waals surface area (Å²) in [7, 11) is -3.82. The Labute approximate surface area is 189 Å². The van der Waals surface area contributed by atoms with Crippen LogP contribution in [0.4, 0.5) is 0 Å². The van der Waals surface area contributed by atoms with Gasteiger partial charge in [0.15, 0.2) is 0 Å². The molecule has 0 aliphatic carbocycles. The zero-order chi connectivity index (χ0) is 21.5. The summed E-state index contributed by atoms with van der Waals surface area (Å²) in [5, 5.41) is 2.23. The van der Waals surface area contributed by atoms with E-state index in [9.17, 15) is 13.2 Å². The Morgan fingerprint density at radius 3 is 2.37 bits per heavy atom. The molecule has 0 saturated carbocycles. The summed E-state index contributed by atoms with van der Waals surface area (Å²) in [6.07, 6.45) is 0. The maximum atomic E-state index is 12.9. The number of sulfonamides is 1. The van der Waals surface area contributed by atoms with Crippen molar-refractivity contribution in [3.63, 3.8) is 0 Å². The lowest BCUT2D eigenvalue weighted by molar-refractivity contribution is 0.0692. The molecule has 0 N–H and O–H groups in total. The lowest BCUT2D eigenvalue weighted by Gasteiger charge is -2.34. The quantitative estimate of drug-likeness (QED) is 0.519. The summed E-state index contributed by atoms with van der Waals surface area (Å²) in [6.45, 7) is 0.723. The van der Waals surface area contributed by atoms with Gasteiger partial charge < -0.3 is 4.90 Å². The topological polar surface area (TPSA) is 70.6 Å². The lowest BCUT2D eigenvalue weighted by Crippen LogP contribution is -2.50. The minimum atomic E-state index is -3.82. The Morgan fingerprint density at radius 1 is 0.933 bits per heavy atom. The molecule has 30 heavy (non-hydrogen) atoms. The highest BCUT2D eigenvalue weighted by molar-refractivity contribution is 7.89. The molecule has 0 radical (unpaired) electrons. The summed E-state index contributed by atoms with van der Waals surface area (Å²) < 4.78 is 27.2. The van der Waals surface area contributed by atoms with E-state index in [2.05, 4.69) is 4.98 Å². The number of nitrogens with zero attached hydrogens (tertiary/aromatic N) is 3. The van der Waals surface area contributed by atoms with Gasteiger partial charge >= 0.3 is 0 Å². The van der Waals surface area contributed by atoms with E-state index in [-0.39, 0.29) is 57.9 Å². The van der Waals surface area contributed by atoms with Gasteiger partial charge in [-0.25, -0.2) is 13.4 Å². The van der Waals surface area contributed by atoms with Gasteiger partial charge in [-0.3, -0.25) is 4.79 Å². The first-order valence-corrected chi connectivity index (χ1v) is 11.6. The average molecular weight is 485 g/mol. The highest BCUT2D eigenvalue weighted by atomic mass is 35.5. The Morgan fingerprint density at radius 2 is 1.63 bits per heavy atom. The number of piperazine rings is 1. The predicted octanol–water partition coefficient (Wildman–Crippen LogP) is 4.34. The van der Waals surface area contributed by atoms with E-state index in [4.69, 9.17) is 34.8 Å². The molecule has 156 valence electrons. The number of aromatic nitrogens is 1. The number of pyridine rings is 1. The summed E-state index contributed by atoms with van der Waals surface area (Å²) >= 11 is 18.2. The smallest absolute Gasteiger partial charge is 0.272 e. The van der Waals surface area contributed by atoms with E-state index < -0.39 is 10.0 Å². The van der Waals surface area contributed by atoms with E-state index >= 15 is 0 Å². The zero-order valence-corrected chi connectivity index (χ0v) is 18.6. The van der Waals surface area contributed by atoms with Crippen LogP contribution in [-0.4, -0.2) is 54.7 Å². The van der Waals surface area contributed by atoms with Crippen molar-refractivity contribution >= 4 is 61.5 Å². The molecule has 0 spiro atoms. The van der Waals surface area contributed by atoms with Gasteiger partial charge in [-0.2, -0.15) is 4.31 Å². The highest BCUT2D eigenvalue weighted by Crippen LogP contribution is 2.29. The number of hydrogen-bond donors (Lipinski definition) is 0. The summed E-state index contributed by atoms with van der Waals surface area (Å²) in [5.41, 5.74) is 0.230. The third-order valence-corrected chi connectivity index (χ3v) is 7.85. The zero-order valence-electron chi connectivity index (χ0n) is 15.6. The Kier molecular flexibility index (Phi) is 5.92. The van der Waals surface area contributed by atoms with Crippen molar-refractivity contribution in [2.24, 2.45) is 0 Å². The van der Waals surface area contributed by atoms with Crippen LogP contribution in [0.3, 0.4) is 0 Å². The average Bonchev–Trinajstić information content (AvgIpc) is 2.75. The Balaban J connectivity index is 1.52. The van der Waals surface area contributed by atoms with E-state index in [0.717, 1.165) is 10.8 Å². The molecule has 10 heteroatoms. The fourth-order valence-corrected chi connectivity index (χ4v) is 5.80. The molecule has 0 atom stereocenters. The normalized spacial score (nSPS) is 15.5.